The first-order valence-electron chi connectivity index (χ1n) is 14.4. The van der Waals surface area contributed by atoms with Crippen molar-refractivity contribution in [3.63, 3.8) is 0 Å². The molecule has 4 fully saturated rings. The number of nitrogens with one attached hydrogen (secondary N) is 2. The number of fused-ring (bicyclic) bond motifs is 1. The van der Waals surface area contributed by atoms with E-state index in [-0.39, 0.29) is 29.8 Å². The molecule has 0 unspecified atom stereocenters. The molecule has 1 aromatic carbocycles. The number of rotatable bonds is 5. The maximum atomic E-state index is 14.2. The third-order valence-corrected chi connectivity index (χ3v) is 10.2. The van der Waals surface area contributed by atoms with Gasteiger partial charge in [0.05, 0.1) is 17.9 Å². The van der Waals surface area contributed by atoms with Gasteiger partial charge in [0.25, 0.3) is 0 Å². The summed E-state index contributed by atoms with van der Waals surface area (Å²) in [6.45, 7) is 4.46. The highest BCUT2D eigenvalue weighted by Crippen LogP contribution is 2.56. The van der Waals surface area contributed by atoms with Crippen LogP contribution < -0.4 is 10.6 Å². The Morgan fingerprint density at radius 2 is 1.84 bits per heavy atom. The lowest BCUT2D eigenvalue weighted by Gasteiger charge is -2.40. The molecule has 8 atom stereocenters. The van der Waals surface area contributed by atoms with Crippen molar-refractivity contribution in [1.29, 1.82) is 0 Å². The minimum absolute atomic E-state index is 0.0117. The molecule has 0 radical (unpaired) electrons. The third kappa shape index (κ3) is 4.17. The van der Waals surface area contributed by atoms with E-state index < -0.39 is 29.6 Å². The summed E-state index contributed by atoms with van der Waals surface area (Å²) in [5, 5.41) is 6.81. The van der Waals surface area contributed by atoms with Gasteiger partial charge < -0.3 is 20.3 Å². The average Bonchev–Trinajstić information content (AvgIpc) is 3.54. The topological polar surface area (TPSA) is 87.7 Å². The van der Waals surface area contributed by atoms with Crippen molar-refractivity contribution < 1.29 is 19.1 Å². The summed E-state index contributed by atoms with van der Waals surface area (Å²) < 4.78 is 6.52. The van der Waals surface area contributed by atoms with Crippen LogP contribution in [0.2, 0.25) is 5.02 Å². The van der Waals surface area contributed by atoms with Crippen LogP contribution in [0.1, 0.15) is 65.2 Å². The standard InChI is InChI=1S/C30H38ClN3O4/c1-17-8-6-13-22(18(17)2)33-28(36)26-30-15-14-23(38-30)24(27(35)32-20-10-7-9-19(31)16-20)25(30)29(37)34(26)21-11-4-3-5-12-21/h7,9-10,14-18,21-26H,3-6,8,11-13H2,1-2H3,(H,32,35)(H,33,36)/t17-,18-,22+,23+,24+,25+,26+,30+/m1/s1. The summed E-state index contributed by atoms with van der Waals surface area (Å²) in [7, 11) is 0. The fraction of sp³-hybridized carbons (Fsp3) is 0.633. The lowest BCUT2D eigenvalue weighted by atomic mass is 9.73. The molecular formula is C30H38ClN3O4. The molecule has 2 saturated carbocycles. The molecular weight excluding hydrogens is 502 g/mol. The van der Waals surface area contributed by atoms with Gasteiger partial charge in [-0.1, -0.05) is 75.8 Å². The van der Waals surface area contributed by atoms with E-state index in [0.717, 1.165) is 44.9 Å². The van der Waals surface area contributed by atoms with Crippen LogP contribution in [-0.4, -0.2) is 52.5 Å². The monoisotopic (exact) mass is 539 g/mol. The maximum Gasteiger partial charge on any atom is 0.246 e. The number of nitrogens with zero attached hydrogens (tertiary/aromatic N) is 1. The average molecular weight is 540 g/mol. The SMILES string of the molecule is C[C@@H]1[C@H](C)CCC[C@@H]1NC(=O)[C@@H]1N(C2CCCCC2)C(=O)[C@@H]2[C@@H](C(=O)Nc3cccc(Cl)c3)[C@@H]3C=C[C@]21O3. The van der Waals surface area contributed by atoms with Crippen LogP contribution in [-0.2, 0) is 19.1 Å². The Balaban J connectivity index is 1.32. The zero-order valence-corrected chi connectivity index (χ0v) is 23.0. The van der Waals surface area contributed by atoms with Gasteiger partial charge in [-0.2, -0.15) is 0 Å². The van der Waals surface area contributed by atoms with Crippen molar-refractivity contribution in [2.75, 3.05) is 5.32 Å². The minimum atomic E-state index is -1.12. The van der Waals surface area contributed by atoms with E-state index in [0.29, 0.717) is 22.5 Å². The normalized spacial score (nSPS) is 38.3. The smallest absolute Gasteiger partial charge is 0.246 e. The second-order valence-corrected chi connectivity index (χ2v) is 12.6. The van der Waals surface area contributed by atoms with Gasteiger partial charge in [0.2, 0.25) is 17.7 Å². The van der Waals surface area contributed by atoms with E-state index in [1.165, 1.54) is 6.42 Å². The number of amides is 3. The molecule has 38 heavy (non-hydrogen) atoms. The number of hydrogen-bond acceptors (Lipinski definition) is 4. The van der Waals surface area contributed by atoms with Crippen LogP contribution in [0.5, 0.6) is 0 Å². The lowest BCUT2D eigenvalue weighted by Crippen LogP contribution is -2.59. The fourth-order valence-corrected chi connectivity index (χ4v) is 7.99. The molecule has 0 aromatic heterocycles. The minimum Gasteiger partial charge on any atom is -0.359 e. The first-order chi connectivity index (χ1) is 18.3. The molecule has 204 valence electrons. The molecule has 7 nitrogen and oxygen atoms in total. The second kappa shape index (κ2) is 9.98. The zero-order valence-electron chi connectivity index (χ0n) is 22.2. The first kappa shape index (κ1) is 25.9. The number of anilines is 1. The molecule has 3 amide bonds. The summed E-state index contributed by atoms with van der Waals surface area (Å²) >= 11 is 6.13. The van der Waals surface area contributed by atoms with Crippen molar-refractivity contribution in [3.05, 3.63) is 41.4 Å². The first-order valence-corrected chi connectivity index (χ1v) is 14.7. The molecule has 5 aliphatic rings. The summed E-state index contributed by atoms with van der Waals surface area (Å²) in [4.78, 5) is 43.8. The van der Waals surface area contributed by atoms with Crippen molar-refractivity contribution in [2.45, 2.75) is 95.0 Å². The van der Waals surface area contributed by atoms with E-state index in [9.17, 15) is 14.4 Å². The highest BCUT2D eigenvalue weighted by atomic mass is 35.5. The van der Waals surface area contributed by atoms with E-state index in [1.807, 2.05) is 17.1 Å². The molecule has 6 rings (SSSR count). The van der Waals surface area contributed by atoms with Crippen LogP contribution in [0.15, 0.2) is 36.4 Å². The molecule has 2 saturated heterocycles. The van der Waals surface area contributed by atoms with E-state index >= 15 is 0 Å². The molecule has 3 aliphatic heterocycles. The van der Waals surface area contributed by atoms with Gasteiger partial charge in [0.1, 0.15) is 11.6 Å². The quantitative estimate of drug-likeness (QED) is 0.531. The summed E-state index contributed by atoms with van der Waals surface area (Å²) in [5.74, 6) is -1.06. The largest absolute Gasteiger partial charge is 0.359 e. The van der Waals surface area contributed by atoms with Crippen LogP contribution in [0.4, 0.5) is 5.69 Å². The van der Waals surface area contributed by atoms with Gasteiger partial charge in [0, 0.05) is 22.8 Å². The van der Waals surface area contributed by atoms with E-state index in [2.05, 4.69) is 24.5 Å². The van der Waals surface area contributed by atoms with Crippen LogP contribution >= 0.6 is 11.6 Å². The summed E-state index contributed by atoms with van der Waals surface area (Å²) in [6.07, 6.45) is 11.4. The van der Waals surface area contributed by atoms with Crippen LogP contribution in [0, 0.1) is 23.7 Å². The van der Waals surface area contributed by atoms with Gasteiger partial charge in [-0.25, -0.2) is 0 Å². The summed E-state index contributed by atoms with van der Waals surface area (Å²) in [6, 6.07) is 6.28. The number of likely N-dealkylation sites (tertiary alicyclic amines) is 1. The number of halogens is 1. The molecule has 8 heteroatoms. The Kier molecular flexibility index (Phi) is 6.79. The number of hydrogen-bond donors (Lipinski definition) is 2. The van der Waals surface area contributed by atoms with Crippen LogP contribution in [0.25, 0.3) is 0 Å². The Labute approximate surface area is 229 Å². The van der Waals surface area contributed by atoms with E-state index in [4.69, 9.17) is 16.3 Å². The number of benzene rings is 1. The molecule has 3 heterocycles. The zero-order chi connectivity index (χ0) is 26.6. The van der Waals surface area contributed by atoms with Gasteiger partial charge in [-0.05, 0) is 49.3 Å². The van der Waals surface area contributed by atoms with E-state index in [1.54, 1.807) is 24.3 Å². The van der Waals surface area contributed by atoms with Crippen molar-refractivity contribution >= 4 is 35.0 Å². The van der Waals surface area contributed by atoms with Crippen molar-refractivity contribution in [1.82, 2.24) is 10.2 Å². The predicted octanol–water partition coefficient (Wildman–Crippen LogP) is 4.70. The number of carbonyl (C=O) groups excluding carboxylic acids is 3. The maximum absolute atomic E-state index is 14.2. The predicted molar refractivity (Wildman–Crippen MR) is 145 cm³/mol. The Morgan fingerprint density at radius 3 is 2.61 bits per heavy atom. The molecule has 1 aromatic rings. The second-order valence-electron chi connectivity index (χ2n) is 12.1. The van der Waals surface area contributed by atoms with Crippen LogP contribution in [0.3, 0.4) is 0 Å². The van der Waals surface area contributed by atoms with Gasteiger partial charge in [-0.3, -0.25) is 14.4 Å². The molecule has 2 N–H and O–H groups in total. The Morgan fingerprint density at radius 1 is 1.05 bits per heavy atom. The number of carbonyl (C=O) groups is 3. The van der Waals surface area contributed by atoms with Gasteiger partial charge >= 0.3 is 0 Å². The Bertz CT molecular complexity index is 1150. The summed E-state index contributed by atoms with van der Waals surface area (Å²) in [5.41, 5.74) is -0.545. The Hall–Kier alpha value is -2.38. The molecule has 1 spiro atoms. The van der Waals surface area contributed by atoms with Crippen molar-refractivity contribution in [3.8, 4) is 0 Å². The highest BCUT2D eigenvalue weighted by Gasteiger charge is 2.73. The van der Waals surface area contributed by atoms with Crippen molar-refractivity contribution in [2.24, 2.45) is 23.7 Å². The lowest BCUT2D eigenvalue weighted by molar-refractivity contribution is -0.145. The third-order valence-electron chi connectivity index (χ3n) is 9.96. The fourth-order valence-electron chi connectivity index (χ4n) is 7.80. The highest BCUT2D eigenvalue weighted by molar-refractivity contribution is 6.30. The van der Waals surface area contributed by atoms with Gasteiger partial charge in [0.15, 0.2) is 0 Å². The molecule has 2 bridgehead atoms. The van der Waals surface area contributed by atoms with Gasteiger partial charge in [-0.15, -0.1) is 0 Å². The molecule has 2 aliphatic carbocycles. The number of ether oxygens (including phenoxy) is 1.